The van der Waals surface area contributed by atoms with Crippen LogP contribution in [0.15, 0.2) is 28.7 Å². The average molecular weight is 311 g/mol. The van der Waals surface area contributed by atoms with E-state index in [2.05, 4.69) is 21.2 Å². The van der Waals surface area contributed by atoms with Crippen molar-refractivity contribution in [2.75, 3.05) is 26.7 Å². The van der Waals surface area contributed by atoms with Crippen molar-refractivity contribution >= 4 is 21.8 Å². The highest BCUT2D eigenvalue weighted by molar-refractivity contribution is 9.10. The summed E-state index contributed by atoms with van der Waals surface area (Å²) in [5.74, 6) is 0.861. The topological polar surface area (TPSA) is 32.3 Å². The van der Waals surface area contributed by atoms with Crippen molar-refractivity contribution in [3.8, 4) is 0 Å². The maximum Gasteiger partial charge on any atom is 0.226 e. The number of nitrogens with one attached hydrogen (secondary N) is 1. The molecule has 0 saturated carbocycles. The number of hydrogen-bond acceptors (Lipinski definition) is 2. The molecule has 18 heavy (non-hydrogen) atoms. The van der Waals surface area contributed by atoms with E-state index in [-0.39, 0.29) is 5.91 Å². The van der Waals surface area contributed by atoms with Crippen LogP contribution in [0, 0.1) is 5.92 Å². The van der Waals surface area contributed by atoms with Gasteiger partial charge in [-0.25, -0.2) is 0 Å². The predicted octanol–water partition coefficient (Wildman–Crippen LogP) is 2.06. The molecule has 1 aromatic carbocycles. The van der Waals surface area contributed by atoms with Gasteiger partial charge < -0.3 is 10.2 Å². The Bertz CT molecular complexity index is 405. The lowest BCUT2D eigenvalue weighted by Gasteiger charge is -2.16. The monoisotopic (exact) mass is 310 g/mol. The van der Waals surface area contributed by atoms with Gasteiger partial charge in [0.25, 0.3) is 0 Å². The first-order valence-corrected chi connectivity index (χ1v) is 7.15. The molecule has 1 saturated heterocycles. The SMILES string of the molecule is CNC[C@@H]1CCN(C(=O)Cc2ccc(Br)cc2)C1. The van der Waals surface area contributed by atoms with Gasteiger partial charge in [-0.2, -0.15) is 0 Å². The fraction of sp³-hybridized carbons (Fsp3) is 0.500. The minimum absolute atomic E-state index is 0.246. The van der Waals surface area contributed by atoms with E-state index in [4.69, 9.17) is 0 Å². The molecule has 0 radical (unpaired) electrons. The van der Waals surface area contributed by atoms with Gasteiger partial charge in [0.2, 0.25) is 5.91 Å². The number of amides is 1. The summed E-state index contributed by atoms with van der Waals surface area (Å²) in [4.78, 5) is 14.1. The van der Waals surface area contributed by atoms with Crippen molar-refractivity contribution in [1.29, 1.82) is 0 Å². The number of carbonyl (C=O) groups excluding carboxylic acids is 1. The van der Waals surface area contributed by atoms with Crippen LogP contribution in [0.5, 0.6) is 0 Å². The minimum Gasteiger partial charge on any atom is -0.342 e. The largest absolute Gasteiger partial charge is 0.342 e. The number of hydrogen-bond donors (Lipinski definition) is 1. The Morgan fingerprint density at radius 1 is 1.44 bits per heavy atom. The predicted molar refractivity (Wildman–Crippen MR) is 76.5 cm³/mol. The van der Waals surface area contributed by atoms with Crippen molar-refractivity contribution in [3.63, 3.8) is 0 Å². The Kier molecular flexibility index (Phi) is 4.78. The van der Waals surface area contributed by atoms with Gasteiger partial charge in [-0.1, -0.05) is 28.1 Å². The van der Waals surface area contributed by atoms with Crippen LogP contribution in [-0.4, -0.2) is 37.5 Å². The maximum absolute atomic E-state index is 12.1. The van der Waals surface area contributed by atoms with Crippen molar-refractivity contribution in [1.82, 2.24) is 10.2 Å². The maximum atomic E-state index is 12.1. The minimum atomic E-state index is 0.246. The first-order chi connectivity index (χ1) is 8.69. The number of rotatable bonds is 4. The molecule has 1 aromatic rings. The summed E-state index contributed by atoms with van der Waals surface area (Å²) in [5.41, 5.74) is 1.08. The van der Waals surface area contributed by atoms with E-state index in [1.165, 1.54) is 0 Å². The summed E-state index contributed by atoms with van der Waals surface area (Å²) >= 11 is 3.40. The van der Waals surface area contributed by atoms with E-state index in [1.807, 2.05) is 36.2 Å². The van der Waals surface area contributed by atoms with Crippen LogP contribution in [0.4, 0.5) is 0 Å². The smallest absolute Gasteiger partial charge is 0.226 e. The summed E-state index contributed by atoms with van der Waals surface area (Å²) < 4.78 is 1.05. The lowest BCUT2D eigenvalue weighted by atomic mass is 10.1. The summed E-state index contributed by atoms with van der Waals surface area (Å²) in [7, 11) is 1.96. The molecule has 0 aromatic heterocycles. The molecule has 1 fully saturated rings. The first kappa shape index (κ1) is 13.6. The van der Waals surface area contributed by atoms with E-state index >= 15 is 0 Å². The van der Waals surface area contributed by atoms with Crippen molar-refractivity contribution in [3.05, 3.63) is 34.3 Å². The van der Waals surface area contributed by atoms with Gasteiger partial charge in [0.1, 0.15) is 0 Å². The van der Waals surface area contributed by atoms with Crippen LogP contribution in [0.2, 0.25) is 0 Å². The quantitative estimate of drug-likeness (QED) is 0.923. The van der Waals surface area contributed by atoms with E-state index in [0.717, 1.165) is 36.1 Å². The van der Waals surface area contributed by atoms with Crippen molar-refractivity contribution in [2.45, 2.75) is 12.8 Å². The number of benzene rings is 1. The van der Waals surface area contributed by atoms with E-state index in [9.17, 15) is 4.79 Å². The van der Waals surface area contributed by atoms with Gasteiger partial charge in [-0.3, -0.25) is 4.79 Å². The third-order valence-electron chi connectivity index (χ3n) is 3.40. The van der Waals surface area contributed by atoms with Crippen LogP contribution >= 0.6 is 15.9 Å². The second kappa shape index (κ2) is 6.34. The Balaban J connectivity index is 1.87. The Hall–Kier alpha value is -0.870. The molecule has 0 unspecified atom stereocenters. The highest BCUT2D eigenvalue weighted by atomic mass is 79.9. The molecule has 1 N–H and O–H groups in total. The highest BCUT2D eigenvalue weighted by Crippen LogP contribution is 2.17. The molecule has 2 rings (SSSR count). The molecular formula is C14H19BrN2O. The van der Waals surface area contributed by atoms with Gasteiger partial charge in [0.15, 0.2) is 0 Å². The van der Waals surface area contributed by atoms with Gasteiger partial charge in [-0.05, 0) is 43.6 Å². The van der Waals surface area contributed by atoms with Crippen LogP contribution in [-0.2, 0) is 11.2 Å². The van der Waals surface area contributed by atoms with Crippen LogP contribution in [0.1, 0.15) is 12.0 Å². The van der Waals surface area contributed by atoms with Gasteiger partial charge in [-0.15, -0.1) is 0 Å². The van der Waals surface area contributed by atoms with Crippen molar-refractivity contribution < 1.29 is 4.79 Å². The lowest BCUT2D eigenvalue weighted by molar-refractivity contribution is -0.129. The Morgan fingerprint density at radius 2 is 2.17 bits per heavy atom. The number of carbonyl (C=O) groups is 1. The second-order valence-electron chi connectivity index (χ2n) is 4.86. The zero-order valence-corrected chi connectivity index (χ0v) is 12.2. The van der Waals surface area contributed by atoms with E-state index < -0.39 is 0 Å². The average Bonchev–Trinajstić information content (AvgIpc) is 2.81. The zero-order chi connectivity index (χ0) is 13.0. The van der Waals surface area contributed by atoms with Gasteiger partial charge in [0.05, 0.1) is 6.42 Å². The second-order valence-corrected chi connectivity index (χ2v) is 5.77. The highest BCUT2D eigenvalue weighted by Gasteiger charge is 2.25. The summed E-state index contributed by atoms with van der Waals surface area (Å²) in [6.07, 6.45) is 1.63. The zero-order valence-electron chi connectivity index (χ0n) is 10.7. The molecule has 1 amide bonds. The third kappa shape index (κ3) is 3.56. The normalized spacial score (nSPS) is 19.2. The molecule has 4 heteroatoms. The Morgan fingerprint density at radius 3 is 2.83 bits per heavy atom. The molecule has 1 atom stereocenters. The summed E-state index contributed by atoms with van der Waals surface area (Å²) in [6.45, 7) is 2.81. The Labute approximate surface area is 117 Å². The molecule has 0 spiro atoms. The van der Waals surface area contributed by atoms with E-state index in [1.54, 1.807) is 0 Å². The standard InChI is InChI=1S/C14H19BrN2O/c1-16-9-12-6-7-17(10-12)14(18)8-11-2-4-13(15)5-3-11/h2-5,12,16H,6-10H2,1H3/t12-/m0/s1. The van der Waals surface area contributed by atoms with Crippen molar-refractivity contribution in [2.24, 2.45) is 5.92 Å². The summed E-state index contributed by atoms with van der Waals surface area (Å²) in [6, 6.07) is 7.97. The molecule has 1 aliphatic heterocycles. The molecule has 1 aliphatic rings. The number of halogens is 1. The van der Waals surface area contributed by atoms with Gasteiger partial charge in [0, 0.05) is 17.6 Å². The molecule has 1 heterocycles. The lowest BCUT2D eigenvalue weighted by Crippen LogP contribution is -2.31. The fourth-order valence-electron chi connectivity index (χ4n) is 2.40. The van der Waals surface area contributed by atoms with Crippen LogP contribution < -0.4 is 5.32 Å². The molecule has 98 valence electrons. The molecule has 3 nitrogen and oxygen atoms in total. The van der Waals surface area contributed by atoms with Crippen LogP contribution in [0.3, 0.4) is 0 Å². The number of likely N-dealkylation sites (tertiary alicyclic amines) is 1. The van der Waals surface area contributed by atoms with Crippen LogP contribution in [0.25, 0.3) is 0 Å². The molecular weight excluding hydrogens is 292 g/mol. The third-order valence-corrected chi connectivity index (χ3v) is 3.93. The number of nitrogens with zero attached hydrogens (tertiary/aromatic N) is 1. The first-order valence-electron chi connectivity index (χ1n) is 6.36. The molecule has 0 aliphatic carbocycles. The summed E-state index contributed by atoms with van der Waals surface area (Å²) in [5, 5.41) is 3.18. The van der Waals surface area contributed by atoms with Gasteiger partial charge >= 0.3 is 0 Å². The van der Waals surface area contributed by atoms with E-state index in [0.29, 0.717) is 12.3 Å². The fourth-order valence-corrected chi connectivity index (χ4v) is 2.67. The molecule has 0 bridgehead atoms.